The summed E-state index contributed by atoms with van der Waals surface area (Å²) in [5.41, 5.74) is 0.430. The lowest BCUT2D eigenvalue weighted by Gasteiger charge is -2.07. The predicted octanol–water partition coefficient (Wildman–Crippen LogP) is 2.71. The van der Waals surface area contributed by atoms with E-state index in [9.17, 15) is 4.39 Å². The minimum absolute atomic E-state index is 0.180. The zero-order chi connectivity index (χ0) is 13.7. The van der Waals surface area contributed by atoms with Gasteiger partial charge in [-0.25, -0.2) is 4.98 Å². The van der Waals surface area contributed by atoms with E-state index in [0.29, 0.717) is 17.9 Å². The van der Waals surface area contributed by atoms with Crippen LogP contribution in [-0.4, -0.2) is 16.5 Å². The molecule has 0 aliphatic carbocycles. The van der Waals surface area contributed by atoms with Gasteiger partial charge in [0.05, 0.1) is 17.8 Å². The van der Waals surface area contributed by atoms with Gasteiger partial charge in [0.25, 0.3) is 5.88 Å². The number of benzene rings is 1. The highest BCUT2D eigenvalue weighted by atomic mass is 19.1. The average Bonchev–Trinajstić information content (AvgIpc) is 2.43. The number of hydrogen-bond donors (Lipinski definition) is 1. The molecular formula is C13H11FN4O. The van der Waals surface area contributed by atoms with E-state index in [4.69, 9.17) is 10.00 Å². The third-order valence-electron chi connectivity index (χ3n) is 2.22. The Kier molecular flexibility index (Phi) is 3.88. The van der Waals surface area contributed by atoms with E-state index in [1.807, 2.05) is 13.0 Å². The molecule has 1 heterocycles. The van der Waals surface area contributed by atoms with Crippen LogP contribution in [0.15, 0.2) is 30.5 Å². The maximum Gasteiger partial charge on any atom is 0.260 e. The molecule has 96 valence electrons. The first-order valence-corrected chi connectivity index (χ1v) is 5.67. The summed E-state index contributed by atoms with van der Waals surface area (Å²) in [5, 5.41) is 11.6. The second-order valence-corrected chi connectivity index (χ2v) is 3.62. The Morgan fingerprint density at radius 2 is 2.32 bits per heavy atom. The Labute approximate surface area is 109 Å². The van der Waals surface area contributed by atoms with Crippen molar-refractivity contribution >= 4 is 5.95 Å². The van der Waals surface area contributed by atoms with Crippen molar-refractivity contribution in [1.29, 1.82) is 5.26 Å². The number of halogens is 1. The van der Waals surface area contributed by atoms with Gasteiger partial charge in [0.15, 0.2) is 0 Å². The van der Waals surface area contributed by atoms with Crippen LogP contribution in [0.1, 0.15) is 12.5 Å². The number of nitrogens with zero attached hydrogens (tertiary/aromatic N) is 3. The number of rotatable bonds is 4. The molecule has 0 fully saturated rings. The van der Waals surface area contributed by atoms with E-state index in [1.165, 1.54) is 6.07 Å². The molecule has 5 nitrogen and oxygen atoms in total. The van der Waals surface area contributed by atoms with Gasteiger partial charge < -0.3 is 10.1 Å². The lowest BCUT2D eigenvalue weighted by Crippen LogP contribution is -2.04. The SMILES string of the molecule is CCNc1ncc(F)c(Oc2cccc(C#N)c2)n1. The molecule has 1 N–H and O–H groups in total. The standard InChI is InChI=1S/C13H11FN4O/c1-2-16-13-17-8-11(14)12(18-13)19-10-5-3-4-9(6-10)7-15/h3-6,8H,2H2,1H3,(H,16,17,18). The molecule has 2 aromatic rings. The zero-order valence-corrected chi connectivity index (χ0v) is 10.2. The van der Waals surface area contributed by atoms with Crippen LogP contribution >= 0.6 is 0 Å². The molecule has 0 atom stereocenters. The first-order valence-electron chi connectivity index (χ1n) is 5.67. The van der Waals surface area contributed by atoms with Gasteiger partial charge in [-0.2, -0.15) is 14.6 Å². The van der Waals surface area contributed by atoms with Gasteiger partial charge in [0.2, 0.25) is 11.8 Å². The molecule has 2 rings (SSSR count). The molecule has 0 radical (unpaired) electrons. The summed E-state index contributed by atoms with van der Waals surface area (Å²) in [6.45, 7) is 2.50. The van der Waals surface area contributed by atoms with Crippen molar-refractivity contribution in [3.63, 3.8) is 0 Å². The largest absolute Gasteiger partial charge is 0.436 e. The van der Waals surface area contributed by atoms with Gasteiger partial charge >= 0.3 is 0 Å². The van der Waals surface area contributed by atoms with E-state index < -0.39 is 5.82 Å². The van der Waals surface area contributed by atoms with Crippen molar-refractivity contribution in [3.8, 4) is 17.7 Å². The highest BCUT2D eigenvalue weighted by molar-refractivity contribution is 5.38. The molecule has 19 heavy (non-hydrogen) atoms. The monoisotopic (exact) mass is 258 g/mol. The predicted molar refractivity (Wildman–Crippen MR) is 67.4 cm³/mol. The molecule has 0 saturated carbocycles. The third-order valence-corrected chi connectivity index (χ3v) is 2.22. The van der Waals surface area contributed by atoms with Crippen LogP contribution in [0.4, 0.5) is 10.3 Å². The van der Waals surface area contributed by atoms with E-state index in [-0.39, 0.29) is 11.8 Å². The molecule has 0 bridgehead atoms. The summed E-state index contributed by atoms with van der Waals surface area (Å²) in [4.78, 5) is 7.68. The van der Waals surface area contributed by atoms with Crippen LogP contribution in [0, 0.1) is 17.1 Å². The van der Waals surface area contributed by atoms with Gasteiger partial charge in [-0.15, -0.1) is 0 Å². The van der Waals surface area contributed by atoms with Crippen molar-refractivity contribution in [3.05, 3.63) is 41.8 Å². The second kappa shape index (κ2) is 5.78. The second-order valence-electron chi connectivity index (χ2n) is 3.62. The number of nitrogens with one attached hydrogen (secondary N) is 1. The zero-order valence-electron chi connectivity index (χ0n) is 10.2. The van der Waals surface area contributed by atoms with Crippen molar-refractivity contribution < 1.29 is 9.13 Å². The topological polar surface area (TPSA) is 70.8 Å². The Hall–Kier alpha value is -2.68. The smallest absolute Gasteiger partial charge is 0.260 e. The van der Waals surface area contributed by atoms with E-state index in [0.717, 1.165) is 6.20 Å². The molecule has 0 amide bonds. The highest BCUT2D eigenvalue weighted by Crippen LogP contribution is 2.23. The lowest BCUT2D eigenvalue weighted by atomic mass is 10.2. The molecule has 0 aliphatic rings. The molecule has 1 aromatic carbocycles. The fraction of sp³-hybridized carbons (Fsp3) is 0.154. The maximum absolute atomic E-state index is 13.5. The highest BCUT2D eigenvalue weighted by Gasteiger charge is 2.09. The summed E-state index contributed by atoms with van der Waals surface area (Å²) < 4.78 is 18.9. The number of hydrogen-bond acceptors (Lipinski definition) is 5. The van der Waals surface area contributed by atoms with E-state index in [1.54, 1.807) is 18.2 Å². The van der Waals surface area contributed by atoms with Gasteiger partial charge in [0, 0.05) is 6.54 Å². The van der Waals surface area contributed by atoms with Gasteiger partial charge in [0.1, 0.15) is 5.75 Å². The summed E-state index contributed by atoms with van der Waals surface area (Å²) in [6.07, 6.45) is 1.04. The van der Waals surface area contributed by atoms with Crippen LogP contribution < -0.4 is 10.1 Å². The van der Waals surface area contributed by atoms with Crippen LogP contribution in [-0.2, 0) is 0 Å². The molecule has 0 saturated heterocycles. The van der Waals surface area contributed by atoms with Gasteiger partial charge in [-0.3, -0.25) is 0 Å². The van der Waals surface area contributed by atoms with Crippen LogP contribution in [0.2, 0.25) is 0 Å². The van der Waals surface area contributed by atoms with Crippen LogP contribution in [0.5, 0.6) is 11.6 Å². The van der Waals surface area contributed by atoms with Crippen molar-refractivity contribution in [1.82, 2.24) is 9.97 Å². The fourth-order valence-corrected chi connectivity index (χ4v) is 1.41. The van der Waals surface area contributed by atoms with Gasteiger partial charge in [-0.05, 0) is 25.1 Å². The third kappa shape index (κ3) is 3.16. The first kappa shape index (κ1) is 12.8. The van der Waals surface area contributed by atoms with Gasteiger partial charge in [-0.1, -0.05) is 6.07 Å². The Morgan fingerprint density at radius 3 is 3.05 bits per heavy atom. The molecule has 0 aliphatic heterocycles. The molecule has 0 spiro atoms. The lowest BCUT2D eigenvalue weighted by molar-refractivity contribution is 0.420. The van der Waals surface area contributed by atoms with Crippen molar-refractivity contribution in [2.75, 3.05) is 11.9 Å². The summed E-state index contributed by atoms with van der Waals surface area (Å²) >= 11 is 0. The number of aromatic nitrogens is 2. The van der Waals surface area contributed by atoms with E-state index in [2.05, 4.69) is 15.3 Å². The van der Waals surface area contributed by atoms with Crippen LogP contribution in [0.3, 0.4) is 0 Å². The summed E-state index contributed by atoms with van der Waals surface area (Å²) in [5.74, 6) is -0.209. The van der Waals surface area contributed by atoms with Crippen molar-refractivity contribution in [2.45, 2.75) is 6.92 Å². The van der Waals surface area contributed by atoms with Crippen LogP contribution in [0.25, 0.3) is 0 Å². The summed E-state index contributed by atoms with van der Waals surface area (Å²) in [6, 6.07) is 8.39. The Morgan fingerprint density at radius 1 is 1.47 bits per heavy atom. The van der Waals surface area contributed by atoms with Crippen molar-refractivity contribution in [2.24, 2.45) is 0 Å². The first-order chi connectivity index (χ1) is 9.22. The quantitative estimate of drug-likeness (QED) is 0.912. The number of ether oxygens (including phenoxy) is 1. The minimum Gasteiger partial charge on any atom is -0.436 e. The Balaban J connectivity index is 2.26. The fourth-order valence-electron chi connectivity index (χ4n) is 1.41. The summed E-state index contributed by atoms with van der Waals surface area (Å²) in [7, 11) is 0. The molecule has 6 heteroatoms. The molecular weight excluding hydrogens is 247 g/mol. The maximum atomic E-state index is 13.5. The molecule has 1 aromatic heterocycles. The normalized spacial score (nSPS) is 9.74. The van der Waals surface area contributed by atoms with E-state index >= 15 is 0 Å². The molecule has 0 unspecified atom stereocenters. The average molecular weight is 258 g/mol. The number of nitriles is 1. The number of anilines is 1. The minimum atomic E-state index is -0.663. The Bertz CT molecular complexity index is 624.